The first-order valence-electron chi connectivity index (χ1n) is 5.51. The van der Waals surface area contributed by atoms with E-state index in [1.54, 1.807) is 14.1 Å². The molecular weight excluding hydrogens is 296 g/mol. The largest absolute Gasteiger partial charge is 0.359 e. The maximum Gasteiger partial charge on any atom is 0.243 e. The van der Waals surface area contributed by atoms with Gasteiger partial charge < -0.3 is 16.0 Å². The minimum absolute atomic E-state index is 0.114. The summed E-state index contributed by atoms with van der Waals surface area (Å²) in [6, 6.07) is 5.71. The lowest BCUT2D eigenvalue weighted by Gasteiger charge is -2.11. The predicted molar refractivity (Wildman–Crippen MR) is 77.9 cm³/mol. The van der Waals surface area contributed by atoms with Crippen LogP contribution in [0.15, 0.2) is 27.7 Å². The van der Waals surface area contributed by atoms with Crippen molar-refractivity contribution in [2.24, 2.45) is 4.99 Å². The molecule has 0 heterocycles. The van der Waals surface area contributed by atoms with Crippen molar-refractivity contribution in [1.82, 2.24) is 10.6 Å². The van der Waals surface area contributed by atoms with Gasteiger partial charge in [0.2, 0.25) is 5.91 Å². The second kappa shape index (κ2) is 7.00. The highest BCUT2D eigenvalue weighted by Gasteiger charge is 2.05. The Morgan fingerprint density at radius 3 is 2.72 bits per heavy atom. The molecule has 0 atom stereocenters. The number of hydrogen-bond donors (Lipinski definition) is 3. The van der Waals surface area contributed by atoms with Crippen LogP contribution in [0, 0.1) is 6.92 Å². The van der Waals surface area contributed by atoms with Crippen LogP contribution in [0.2, 0.25) is 0 Å². The molecule has 1 rings (SSSR count). The van der Waals surface area contributed by atoms with Crippen molar-refractivity contribution in [2.75, 3.05) is 26.0 Å². The van der Waals surface area contributed by atoms with E-state index in [9.17, 15) is 4.79 Å². The van der Waals surface area contributed by atoms with Crippen molar-refractivity contribution in [2.45, 2.75) is 6.92 Å². The molecule has 0 aliphatic rings. The van der Waals surface area contributed by atoms with E-state index in [1.807, 2.05) is 25.1 Å². The molecule has 1 aromatic rings. The third-order valence-corrected chi connectivity index (χ3v) is 2.83. The number of carbonyl (C=O) groups is 1. The minimum atomic E-state index is -0.114. The molecule has 18 heavy (non-hydrogen) atoms. The van der Waals surface area contributed by atoms with Crippen LogP contribution in [0.1, 0.15) is 5.56 Å². The first kappa shape index (κ1) is 14.5. The Balaban J connectivity index is 2.54. The third kappa shape index (κ3) is 4.37. The zero-order valence-corrected chi connectivity index (χ0v) is 12.3. The molecule has 0 spiro atoms. The maximum atomic E-state index is 11.7. The van der Waals surface area contributed by atoms with Gasteiger partial charge in [0, 0.05) is 24.3 Å². The van der Waals surface area contributed by atoms with Gasteiger partial charge in [-0.25, -0.2) is 0 Å². The fraction of sp³-hybridized carbons (Fsp3) is 0.333. The first-order chi connectivity index (χ1) is 8.56. The average molecular weight is 313 g/mol. The normalized spacial score (nSPS) is 11.0. The quantitative estimate of drug-likeness (QED) is 0.585. The molecule has 0 saturated heterocycles. The van der Waals surface area contributed by atoms with Crippen molar-refractivity contribution < 1.29 is 4.79 Å². The summed E-state index contributed by atoms with van der Waals surface area (Å²) >= 11 is 3.38. The molecule has 0 radical (unpaired) electrons. The molecule has 98 valence electrons. The lowest BCUT2D eigenvalue weighted by molar-refractivity contribution is -0.115. The number of aryl methyl sites for hydroxylation is 1. The lowest BCUT2D eigenvalue weighted by Crippen LogP contribution is -2.39. The van der Waals surface area contributed by atoms with Crippen LogP contribution < -0.4 is 16.0 Å². The molecule has 0 aromatic heterocycles. The summed E-state index contributed by atoms with van der Waals surface area (Å²) < 4.78 is 0.992. The number of amides is 1. The fourth-order valence-corrected chi connectivity index (χ4v) is 1.88. The molecule has 0 saturated carbocycles. The van der Waals surface area contributed by atoms with Crippen LogP contribution in [-0.4, -0.2) is 32.5 Å². The average Bonchev–Trinajstić information content (AvgIpc) is 2.34. The summed E-state index contributed by atoms with van der Waals surface area (Å²) in [5.41, 5.74) is 1.82. The van der Waals surface area contributed by atoms with Crippen molar-refractivity contribution in [3.63, 3.8) is 0 Å². The van der Waals surface area contributed by atoms with E-state index in [0.717, 1.165) is 15.7 Å². The van der Waals surface area contributed by atoms with Crippen LogP contribution in [-0.2, 0) is 4.79 Å². The molecule has 6 heteroatoms. The Hall–Kier alpha value is -1.56. The Morgan fingerprint density at radius 2 is 2.17 bits per heavy atom. The number of aliphatic imine (C=N–C) groups is 1. The summed E-state index contributed by atoms with van der Waals surface area (Å²) in [6.45, 7) is 2.11. The summed E-state index contributed by atoms with van der Waals surface area (Å²) in [7, 11) is 3.39. The second-order valence-corrected chi connectivity index (χ2v) is 4.60. The highest BCUT2D eigenvalue weighted by Crippen LogP contribution is 2.19. The molecule has 0 fully saturated rings. The molecule has 1 aromatic carbocycles. The second-order valence-electron chi connectivity index (χ2n) is 3.68. The van der Waals surface area contributed by atoms with Gasteiger partial charge in [-0.2, -0.15) is 0 Å². The number of hydrogen-bond acceptors (Lipinski definition) is 2. The van der Waals surface area contributed by atoms with Crippen LogP contribution in [0.25, 0.3) is 0 Å². The smallest absolute Gasteiger partial charge is 0.243 e. The summed E-state index contributed by atoms with van der Waals surface area (Å²) in [6.07, 6.45) is 0. The van der Waals surface area contributed by atoms with Gasteiger partial charge in [-0.3, -0.25) is 9.79 Å². The first-order valence-corrected chi connectivity index (χ1v) is 6.30. The molecule has 0 unspecified atom stereocenters. The van der Waals surface area contributed by atoms with Gasteiger partial charge in [0.05, 0.1) is 6.54 Å². The number of nitrogens with zero attached hydrogens (tertiary/aromatic N) is 1. The molecule has 1 amide bonds. The SMILES string of the molecule is CN=C(NC)NCC(=O)Nc1ccc(Br)cc1C. The van der Waals surface area contributed by atoms with Crippen LogP contribution >= 0.6 is 15.9 Å². The van der Waals surface area contributed by atoms with Crippen LogP contribution in [0.4, 0.5) is 5.69 Å². The number of nitrogens with one attached hydrogen (secondary N) is 3. The lowest BCUT2D eigenvalue weighted by atomic mass is 10.2. The number of benzene rings is 1. The van der Waals surface area contributed by atoms with E-state index in [4.69, 9.17) is 0 Å². The zero-order chi connectivity index (χ0) is 13.5. The highest BCUT2D eigenvalue weighted by molar-refractivity contribution is 9.10. The van der Waals surface area contributed by atoms with E-state index in [-0.39, 0.29) is 12.5 Å². The number of carbonyl (C=O) groups excluding carboxylic acids is 1. The Kier molecular flexibility index (Phi) is 5.64. The van der Waals surface area contributed by atoms with Crippen molar-refractivity contribution >= 4 is 33.5 Å². The molecule has 3 N–H and O–H groups in total. The van der Waals surface area contributed by atoms with E-state index >= 15 is 0 Å². The monoisotopic (exact) mass is 312 g/mol. The molecule has 0 aliphatic heterocycles. The standard InChI is InChI=1S/C12H17BrN4O/c1-8-6-9(13)4-5-10(8)17-11(18)7-16-12(14-2)15-3/h4-6H,7H2,1-3H3,(H,17,18)(H2,14,15,16). The summed E-state index contributed by atoms with van der Waals surface area (Å²) in [5, 5.41) is 8.57. The number of guanidine groups is 1. The summed E-state index contributed by atoms with van der Waals surface area (Å²) in [5.74, 6) is 0.467. The topological polar surface area (TPSA) is 65.5 Å². The number of halogens is 1. The van der Waals surface area contributed by atoms with E-state index in [1.165, 1.54) is 0 Å². The van der Waals surface area contributed by atoms with Gasteiger partial charge >= 0.3 is 0 Å². The Labute approximate surface area is 115 Å². The number of rotatable bonds is 3. The van der Waals surface area contributed by atoms with E-state index in [2.05, 4.69) is 36.9 Å². The Bertz CT molecular complexity index is 459. The predicted octanol–water partition coefficient (Wildman–Crippen LogP) is 1.49. The van der Waals surface area contributed by atoms with Crippen LogP contribution in [0.5, 0.6) is 0 Å². The van der Waals surface area contributed by atoms with Crippen LogP contribution in [0.3, 0.4) is 0 Å². The number of anilines is 1. The fourth-order valence-electron chi connectivity index (χ4n) is 1.40. The maximum absolute atomic E-state index is 11.7. The minimum Gasteiger partial charge on any atom is -0.359 e. The van der Waals surface area contributed by atoms with Gasteiger partial charge in [0.25, 0.3) is 0 Å². The van der Waals surface area contributed by atoms with Crippen molar-refractivity contribution in [3.05, 3.63) is 28.2 Å². The van der Waals surface area contributed by atoms with Gasteiger partial charge in [0.1, 0.15) is 0 Å². The zero-order valence-electron chi connectivity index (χ0n) is 10.7. The van der Waals surface area contributed by atoms with E-state index < -0.39 is 0 Å². The van der Waals surface area contributed by atoms with Crippen molar-refractivity contribution in [3.8, 4) is 0 Å². The van der Waals surface area contributed by atoms with Gasteiger partial charge in [-0.05, 0) is 30.7 Å². The molecule has 0 aliphatic carbocycles. The van der Waals surface area contributed by atoms with E-state index in [0.29, 0.717) is 5.96 Å². The third-order valence-electron chi connectivity index (χ3n) is 2.34. The Morgan fingerprint density at radius 1 is 1.44 bits per heavy atom. The summed E-state index contributed by atoms with van der Waals surface area (Å²) in [4.78, 5) is 15.6. The molecule has 5 nitrogen and oxygen atoms in total. The van der Waals surface area contributed by atoms with Crippen molar-refractivity contribution in [1.29, 1.82) is 0 Å². The van der Waals surface area contributed by atoms with Gasteiger partial charge in [-0.1, -0.05) is 15.9 Å². The molecular formula is C12H17BrN4O. The molecule has 0 bridgehead atoms. The van der Waals surface area contributed by atoms with Gasteiger partial charge in [-0.15, -0.1) is 0 Å². The van der Waals surface area contributed by atoms with Gasteiger partial charge in [0.15, 0.2) is 5.96 Å². The highest BCUT2D eigenvalue weighted by atomic mass is 79.9.